The molecule has 8 nitrogen and oxygen atoms in total. The maximum atomic E-state index is 12.7. The second-order valence-corrected chi connectivity index (χ2v) is 10.0. The van der Waals surface area contributed by atoms with Gasteiger partial charge in [0, 0.05) is 37.2 Å². The molecule has 0 radical (unpaired) electrons. The molecule has 1 aliphatic heterocycles. The van der Waals surface area contributed by atoms with E-state index in [2.05, 4.69) is 0 Å². The van der Waals surface area contributed by atoms with E-state index in [1.807, 2.05) is 25.3 Å². The van der Waals surface area contributed by atoms with Gasteiger partial charge in [-0.15, -0.1) is 0 Å². The van der Waals surface area contributed by atoms with Crippen LogP contribution in [0.15, 0.2) is 35.2 Å². The largest absolute Gasteiger partial charge is 0.454 e. The molecule has 1 aromatic heterocycles. The number of Topliss-reactive ketones (excluding diaryl/α,β-unsaturated/α-hetero) is 1. The van der Waals surface area contributed by atoms with Gasteiger partial charge in [0.2, 0.25) is 15.8 Å². The van der Waals surface area contributed by atoms with Crippen LogP contribution in [0.4, 0.5) is 0 Å². The summed E-state index contributed by atoms with van der Waals surface area (Å²) in [7, 11) is -2.02. The van der Waals surface area contributed by atoms with E-state index in [0.717, 1.165) is 24.2 Å². The number of ether oxygens (including phenoxy) is 2. The summed E-state index contributed by atoms with van der Waals surface area (Å²) in [5, 5.41) is 0. The smallest absolute Gasteiger partial charge is 0.338 e. The van der Waals surface area contributed by atoms with Gasteiger partial charge < -0.3 is 14.0 Å². The molecule has 1 aliphatic rings. The first-order valence-electron chi connectivity index (χ1n) is 10.6. The first-order chi connectivity index (χ1) is 15.2. The minimum atomic E-state index is -3.64. The van der Waals surface area contributed by atoms with Crippen LogP contribution in [0.25, 0.3) is 0 Å². The summed E-state index contributed by atoms with van der Waals surface area (Å²) in [5.41, 5.74) is 2.29. The van der Waals surface area contributed by atoms with Crippen LogP contribution < -0.4 is 0 Å². The molecule has 3 rings (SSSR count). The maximum Gasteiger partial charge on any atom is 0.338 e. The molecule has 2 aromatic rings. The van der Waals surface area contributed by atoms with E-state index in [4.69, 9.17) is 9.47 Å². The fourth-order valence-electron chi connectivity index (χ4n) is 4.21. The Labute approximate surface area is 189 Å². The van der Waals surface area contributed by atoms with Crippen molar-refractivity contribution < 1.29 is 27.5 Å². The van der Waals surface area contributed by atoms with Crippen molar-refractivity contribution in [2.24, 2.45) is 0 Å². The van der Waals surface area contributed by atoms with E-state index in [-0.39, 0.29) is 22.3 Å². The third-order valence-electron chi connectivity index (χ3n) is 5.74. The van der Waals surface area contributed by atoms with Crippen LogP contribution in [0.3, 0.4) is 0 Å². The summed E-state index contributed by atoms with van der Waals surface area (Å²) >= 11 is 0. The molecule has 32 heavy (non-hydrogen) atoms. The molecule has 1 aromatic carbocycles. The highest BCUT2D eigenvalue weighted by molar-refractivity contribution is 7.89. The molecule has 2 heterocycles. The molecule has 0 saturated carbocycles. The van der Waals surface area contributed by atoms with E-state index in [0.29, 0.717) is 25.3 Å². The number of benzene rings is 1. The second kappa shape index (κ2) is 9.97. The SMILES string of the molecule is COCC(C)n1c(C)cc(C(=O)COC(=O)c2cccc(S(=O)(=O)N3CCCC3)c2)c1C. The lowest BCUT2D eigenvalue weighted by Crippen LogP contribution is -2.28. The third-order valence-corrected chi connectivity index (χ3v) is 7.63. The van der Waals surface area contributed by atoms with Crippen molar-refractivity contribution in [3.8, 4) is 0 Å². The molecular weight excluding hydrogens is 432 g/mol. The van der Waals surface area contributed by atoms with Gasteiger partial charge in [-0.1, -0.05) is 6.07 Å². The van der Waals surface area contributed by atoms with Gasteiger partial charge in [-0.3, -0.25) is 4.79 Å². The lowest BCUT2D eigenvalue weighted by atomic mass is 10.1. The Morgan fingerprint density at radius 3 is 2.47 bits per heavy atom. The van der Waals surface area contributed by atoms with Crippen LogP contribution in [0, 0.1) is 13.8 Å². The first-order valence-corrected chi connectivity index (χ1v) is 12.1. The quantitative estimate of drug-likeness (QED) is 0.420. The van der Waals surface area contributed by atoms with E-state index < -0.39 is 22.6 Å². The highest BCUT2D eigenvalue weighted by atomic mass is 32.2. The van der Waals surface area contributed by atoms with Crippen LogP contribution in [0.2, 0.25) is 0 Å². The number of aromatic nitrogens is 1. The Kier molecular flexibility index (Phi) is 7.53. The molecule has 0 bridgehead atoms. The molecule has 1 fully saturated rings. The van der Waals surface area contributed by atoms with Crippen molar-refractivity contribution in [2.45, 2.75) is 44.6 Å². The van der Waals surface area contributed by atoms with Crippen LogP contribution in [0.5, 0.6) is 0 Å². The summed E-state index contributed by atoms with van der Waals surface area (Å²) in [6.45, 7) is 6.80. The van der Waals surface area contributed by atoms with Crippen molar-refractivity contribution >= 4 is 21.8 Å². The number of methoxy groups -OCH3 is 1. The van der Waals surface area contributed by atoms with Crippen molar-refractivity contribution in [1.29, 1.82) is 0 Å². The molecule has 9 heteroatoms. The topological polar surface area (TPSA) is 94.9 Å². The van der Waals surface area contributed by atoms with E-state index in [1.54, 1.807) is 13.2 Å². The Morgan fingerprint density at radius 1 is 1.12 bits per heavy atom. The summed E-state index contributed by atoms with van der Waals surface area (Å²) in [6.07, 6.45) is 1.65. The maximum absolute atomic E-state index is 12.7. The lowest BCUT2D eigenvalue weighted by molar-refractivity contribution is 0.0474. The normalized spacial score (nSPS) is 15.6. The van der Waals surface area contributed by atoms with Crippen molar-refractivity contribution in [3.63, 3.8) is 0 Å². The predicted molar refractivity (Wildman–Crippen MR) is 120 cm³/mol. The third kappa shape index (κ3) is 4.95. The number of aryl methyl sites for hydroxylation is 1. The highest BCUT2D eigenvalue weighted by Gasteiger charge is 2.28. The summed E-state index contributed by atoms with van der Waals surface area (Å²) in [4.78, 5) is 25.3. The zero-order valence-electron chi connectivity index (χ0n) is 19.0. The number of hydrogen-bond donors (Lipinski definition) is 0. The molecule has 0 spiro atoms. The van der Waals surface area contributed by atoms with Gasteiger partial charge in [0.05, 0.1) is 23.1 Å². The van der Waals surface area contributed by atoms with Crippen LogP contribution >= 0.6 is 0 Å². The number of nitrogens with zero attached hydrogens (tertiary/aromatic N) is 2. The number of carbonyl (C=O) groups excluding carboxylic acids is 2. The summed E-state index contributed by atoms with van der Waals surface area (Å²) < 4.78 is 39.4. The summed E-state index contributed by atoms with van der Waals surface area (Å²) in [6, 6.07) is 7.59. The Balaban J connectivity index is 1.70. The molecule has 174 valence electrons. The average molecular weight is 463 g/mol. The van der Waals surface area contributed by atoms with Crippen LogP contribution in [-0.2, 0) is 19.5 Å². The van der Waals surface area contributed by atoms with Crippen molar-refractivity contribution in [2.75, 3.05) is 33.4 Å². The van der Waals surface area contributed by atoms with Gasteiger partial charge in [-0.25, -0.2) is 13.2 Å². The molecule has 0 amide bonds. The standard InChI is InChI=1S/C23H30N2O6S/c1-16-12-21(18(3)25(16)17(2)14-30-4)22(26)15-31-23(27)19-8-7-9-20(13-19)32(28,29)24-10-5-6-11-24/h7-9,12-13,17H,5-6,10-11,14-15H2,1-4H3. The van der Waals surface area contributed by atoms with E-state index in [9.17, 15) is 18.0 Å². The number of sulfonamides is 1. The van der Waals surface area contributed by atoms with Crippen LogP contribution in [0.1, 0.15) is 57.9 Å². The molecule has 1 unspecified atom stereocenters. The molecule has 1 saturated heterocycles. The van der Waals surface area contributed by atoms with E-state index >= 15 is 0 Å². The van der Waals surface area contributed by atoms with Gasteiger partial charge in [0.1, 0.15) is 0 Å². The van der Waals surface area contributed by atoms with Gasteiger partial charge in [-0.2, -0.15) is 4.31 Å². The van der Waals surface area contributed by atoms with Gasteiger partial charge >= 0.3 is 5.97 Å². The number of esters is 1. The number of carbonyl (C=O) groups is 2. The summed E-state index contributed by atoms with van der Waals surface area (Å²) in [5.74, 6) is -1.05. The Bertz CT molecular complexity index is 1100. The van der Waals surface area contributed by atoms with Gasteiger partial charge in [0.15, 0.2) is 6.61 Å². The Hall–Kier alpha value is -2.49. The van der Waals surface area contributed by atoms with E-state index in [1.165, 1.54) is 28.6 Å². The fourth-order valence-corrected chi connectivity index (χ4v) is 5.77. The number of rotatable bonds is 9. The molecule has 0 aliphatic carbocycles. The van der Waals surface area contributed by atoms with Crippen molar-refractivity contribution in [3.05, 3.63) is 52.8 Å². The lowest BCUT2D eigenvalue weighted by Gasteiger charge is -2.17. The molecular formula is C23H30N2O6S. The first kappa shape index (κ1) is 24.2. The zero-order valence-corrected chi connectivity index (χ0v) is 19.8. The van der Waals surface area contributed by atoms with Gasteiger partial charge in [0.25, 0.3) is 0 Å². The second-order valence-electron chi connectivity index (χ2n) is 8.10. The number of ketones is 1. The average Bonchev–Trinajstić information content (AvgIpc) is 3.41. The van der Waals surface area contributed by atoms with Gasteiger partial charge in [-0.05, 0) is 57.9 Å². The van der Waals surface area contributed by atoms with Crippen molar-refractivity contribution in [1.82, 2.24) is 8.87 Å². The zero-order chi connectivity index (χ0) is 23.5. The number of hydrogen-bond acceptors (Lipinski definition) is 6. The minimum absolute atomic E-state index is 0.0517. The highest BCUT2D eigenvalue weighted by Crippen LogP contribution is 2.23. The minimum Gasteiger partial charge on any atom is -0.454 e. The Morgan fingerprint density at radius 2 is 1.81 bits per heavy atom. The predicted octanol–water partition coefficient (Wildman–Crippen LogP) is 3.14. The van der Waals surface area contributed by atoms with Crippen LogP contribution in [-0.4, -0.2) is 62.5 Å². The molecule has 0 N–H and O–H groups in total. The fraction of sp³-hybridized carbons (Fsp3) is 0.478. The molecule has 1 atom stereocenters. The monoisotopic (exact) mass is 462 g/mol.